The smallest absolute Gasteiger partial charge is 0.0739 e. The van der Waals surface area contributed by atoms with Gasteiger partial charge in [0.05, 0.1) is 18.3 Å². The third-order valence-corrected chi connectivity index (χ3v) is 3.49. The third-order valence-electron chi connectivity index (χ3n) is 3.49. The molecule has 2 atom stereocenters. The van der Waals surface area contributed by atoms with Crippen molar-refractivity contribution in [2.75, 3.05) is 7.11 Å². The van der Waals surface area contributed by atoms with Crippen molar-refractivity contribution in [2.45, 2.75) is 65.6 Å². The summed E-state index contributed by atoms with van der Waals surface area (Å²) < 4.78 is 7.41. The molecule has 4 heteroatoms. The molecule has 1 heterocycles. The van der Waals surface area contributed by atoms with Crippen molar-refractivity contribution in [3.8, 4) is 0 Å². The van der Waals surface area contributed by atoms with Gasteiger partial charge in [-0.05, 0) is 26.2 Å². The van der Waals surface area contributed by atoms with Crippen LogP contribution in [0.2, 0.25) is 0 Å². The lowest BCUT2D eigenvalue weighted by Gasteiger charge is -2.14. The first-order chi connectivity index (χ1) is 8.58. The van der Waals surface area contributed by atoms with Gasteiger partial charge < -0.3 is 10.5 Å². The van der Waals surface area contributed by atoms with Crippen molar-refractivity contribution in [2.24, 2.45) is 5.73 Å². The van der Waals surface area contributed by atoms with E-state index in [0.717, 1.165) is 31.5 Å². The van der Waals surface area contributed by atoms with Crippen molar-refractivity contribution in [1.82, 2.24) is 9.78 Å². The number of aryl methyl sites for hydroxylation is 1. The van der Waals surface area contributed by atoms with Crippen LogP contribution in [0, 0.1) is 0 Å². The fraction of sp³-hybridized carbons (Fsp3) is 0.786. The Labute approximate surface area is 111 Å². The molecule has 0 fully saturated rings. The van der Waals surface area contributed by atoms with Crippen LogP contribution in [0.1, 0.15) is 57.1 Å². The monoisotopic (exact) mass is 253 g/mol. The van der Waals surface area contributed by atoms with Crippen LogP contribution >= 0.6 is 0 Å². The molecule has 0 aliphatic heterocycles. The second-order valence-electron chi connectivity index (χ2n) is 4.76. The van der Waals surface area contributed by atoms with Crippen LogP contribution in [0.5, 0.6) is 0 Å². The normalized spacial score (nSPS) is 14.8. The van der Waals surface area contributed by atoms with Crippen LogP contribution in [-0.2, 0) is 24.1 Å². The van der Waals surface area contributed by atoms with Crippen LogP contribution < -0.4 is 5.73 Å². The summed E-state index contributed by atoms with van der Waals surface area (Å²) in [7, 11) is 1.74. The molecule has 4 nitrogen and oxygen atoms in total. The van der Waals surface area contributed by atoms with Crippen molar-refractivity contribution in [1.29, 1.82) is 0 Å². The molecular formula is C14H27N3O. The Morgan fingerprint density at radius 1 is 1.28 bits per heavy atom. The Morgan fingerprint density at radius 3 is 2.39 bits per heavy atom. The molecular weight excluding hydrogens is 226 g/mol. The SMILES string of the molecule is CCc1nn(CC(C)OC)c(CC)c1C(N)CC. The fourth-order valence-electron chi connectivity index (χ4n) is 2.30. The molecule has 1 aromatic rings. The minimum absolute atomic E-state index is 0.0986. The van der Waals surface area contributed by atoms with E-state index in [4.69, 9.17) is 15.6 Å². The highest BCUT2D eigenvalue weighted by Gasteiger charge is 2.20. The second-order valence-corrected chi connectivity index (χ2v) is 4.76. The predicted molar refractivity (Wildman–Crippen MR) is 74.7 cm³/mol. The third kappa shape index (κ3) is 3.12. The number of ether oxygens (including phenoxy) is 1. The summed E-state index contributed by atoms with van der Waals surface area (Å²) in [5.74, 6) is 0. The number of hydrogen-bond donors (Lipinski definition) is 1. The van der Waals surface area contributed by atoms with E-state index < -0.39 is 0 Å². The Kier molecular flexibility index (Phi) is 5.82. The average Bonchev–Trinajstić information content (AvgIpc) is 2.74. The maximum absolute atomic E-state index is 6.24. The van der Waals surface area contributed by atoms with Crippen LogP contribution in [-0.4, -0.2) is 23.0 Å². The summed E-state index contributed by atoms with van der Waals surface area (Å²) in [4.78, 5) is 0. The van der Waals surface area contributed by atoms with Gasteiger partial charge in [-0.2, -0.15) is 5.10 Å². The topological polar surface area (TPSA) is 53.1 Å². The average molecular weight is 253 g/mol. The number of rotatable bonds is 7. The zero-order valence-electron chi connectivity index (χ0n) is 12.4. The van der Waals surface area contributed by atoms with E-state index in [9.17, 15) is 0 Å². The largest absolute Gasteiger partial charge is 0.380 e. The molecule has 0 bridgehead atoms. The van der Waals surface area contributed by atoms with Crippen molar-refractivity contribution < 1.29 is 4.74 Å². The quantitative estimate of drug-likeness (QED) is 0.812. The minimum atomic E-state index is 0.0986. The van der Waals surface area contributed by atoms with Crippen LogP contribution in [0.15, 0.2) is 0 Å². The standard InChI is InChI=1S/C14H27N3O/c1-6-11(15)14-12(7-2)16-17(13(14)8-3)9-10(4)18-5/h10-11H,6-9,15H2,1-5H3. The van der Waals surface area contributed by atoms with Gasteiger partial charge in [0.1, 0.15) is 0 Å². The summed E-state index contributed by atoms with van der Waals surface area (Å²) in [6.07, 6.45) is 3.02. The van der Waals surface area contributed by atoms with Gasteiger partial charge in [-0.3, -0.25) is 4.68 Å². The highest BCUT2D eigenvalue weighted by atomic mass is 16.5. The van der Waals surface area contributed by atoms with E-state index in [1.54, 1.807) is 7.11 Å². The molecule has 2 unspecified atom stereocenters. The Bertz CT molecular complexity index is 373. The van der Waals surface area contributed by atoms with E-state index in [-0.39, 0.29) is 12.1 Å². The van der Waals surface area contributed by atoms with Crippen LogP contribution in [0.3, 0.4) is 0 Å². The van der Waals surface area contributed by atoms with Gasteiger partial charge in [0.2, 0.25) is 0 Å². The summed E-state index contributed by atoms with van der Waals surface area (Å²) in [5.41, 5.74) is 9.91. The van der Waals surface area contributed by atoms with E-state index in [2.05, 4.69) is 32.4 Å². The summed E-state index contributed by atoms with van der Waals surface area (Å²) >= 11 is 0. The highest BCUT2D eigenvalue weighted by Crippen LogP contribution is 2.24. The number of nitrogens with zero attached hydrogens (tertiary/aromatic N) is 2. The molecule has 18 heavy (non-hydrogen) atoms. The van der Waals surface area contributed by atoms with E-state index >= 15 is 0 Å². The van der Waals surface area contributed by atoms with Crippen molar-refractivity contribution >= 4 is 0 Å². The molecule has 0 aromatic carbocycles. The highest BCUT2D eigenvalue weighted by molar-refractivity contribution is 5.30. The Balaban J connectivity index is 3.15. The maximum atomic E-state index is 6.24. The predicted octanol–water partition coefficient (Wildman–Crippen LogP) is 2.45. The molecule has 104 valence electrons. The molecule has 0 spiro atoms. The molecule has 0 aliphatic carbocycles. The summed E-state index contributed by atoms with van der Waals surface area (Å²) in [6.45, 7) is 9.28. The minimum Gasteiger partial charge on any atom is -0.380 e. The molecule has 1 aromatic heterocycles. The Hall–Kier alpha value is -0.870. The summed E-state index contributed by atoms with van der Waals surface area (Å²) in [6, 6.07) is 0.0986. The van der Waals surface area contributed by atoms with Gasteiger partial charge >= 0.3 is 0 Å². The van der Waals surface area contributed by atoms with Gasteiger partial charge in [-0.25, -0.2) is 0 Å². The fourth-order valence-corrected chi connectivity index (χ4v) is 2.30. The van der Waals surface area contributed by atoms with E-state index in [0.29, 0.717) is 0 Å². The first-order valence-corrected chi connectivity index (χ1v) is 6.95. The zero-order chi connectivity index (χ0) is 13.7. The van der Waals surface area contributed by atoms with Crippen molar-refractivity contribution in [3.05, 3.63) is 17.0 Å². The molecule has 0 saturated carbocycles. The molecule has 2 N–H and O–H groups in total. The van der Waals surface area contributed by atoms with Crippen LogP contribution in [0.25, 0.3) is 0 Å². The molecule has 0 radical (unpaired) electrons. The molecule has 0 saturated heterocycles. The number of methoxy groups -OCH3 is 1. The van der Waals surface area contributed by atoms with E-state index in [1.165, 1.54) is 11.3 Å². The Morgan fingerprint density at radius 2 is 1.94 bits per heavy atom. The lowest BCUT2D eigenvalue weighted by Crippen LogP contribution is -2.18. The van der Waals surface area contributed by atoms with Gasteiger partial charge in [0.25, 0.3) is 0 Å². The van der Waals surface area contributed by atoms with Gasteiger partial charge in [-0.15, -0.1) is 0 Å². The molecule has 0 aliphatic rings. The molecule has 1 rings (SSSR count). The van der Waals surface area contributed by atoms with Gasteiger partial charge in [-0.1, -0.05) is 20.8 Å². The van der Waals surface area contributed by atoms with Gasteiger partial charge in [0, 0.05) is 24.4 Å². The zero-order valence-corrected chi connectivity index (χ0v) is 12.4. The van der Waals surface area contributed by atoms with Crippen molar-refractivity contribution in [3.63, 3.8) is 0 Å². The lowest BCUT2D eigenvalue weighted by atomic mass is 10.00. The van der Waals surface area contributed by atoms with Gasteiger partial charge in [0.15, 0.2) is 0 Å². The first kappa shape index (κ1) is 15.2. The second kappa shape index (κ2) is 6.90. The maximum Gasteiger partial charge on any atom is 0.0739 e. The number of nitrogens with two attached hydrogens (primary N) is 1. The van der Waals surface area contributed by atoms with E-state index in [1.807, 2.05) is 0 Å². The number of hydrogen-bond acceptors (Lipinski definition) is 3. The lowest BCUT2D eigenvalue weighted by molar-refractivity contribution is 0.0989. The van der Waals surface area contributed by atoms with Crippen LogP contribution in [0.4, 0.5) is 0 Å². The summed E-state index contributed by atoms with van der Waals surface area (Å²) in [5, 5.41) is 4.71. The molecule has 0 amide bonds. The first-order valence-electron chi connectivity index (χ1n) is 6.95. The number of aromatic nitrogens is 2.